The van der Waals surface area contributed by atoms with E-state index in [-0.39, 0.29) is 0 Å². The SMILES string of the molecule is CC/C=C/C(=O)O[C@@H](C)C(=O)NNC(=O)c1ccccc1. The zero-order valence-corrected chi connectivity index (χ0v) is 12.0. The largest absolute Gasteiger partial charge is 0.449 e. The molecule has 0 aromatic heterocycles. The Hall–Kier alpha value is -2.63. The molecular weight excluding hydrogens is 272 g/mol. The van der Waals surface area contributed by atoms with Crippen molar-refractivity contribution in [3.05, 3.63) is 48.0 Å². The van der Waals surface area contributed by atoms with Gasteiger partial charge in [0, 0.05) is 11.6 Å². The zero-order valence-electron chi connectivity index (χ0n) is 12.0. The lowest BCUT2D eigenvalue weighted by molar-refractivity contribution is -0.150. The van der Waals surface area contributed by atoms with E-state index in [1.807, 2.05) is 6.92 Å². The number of allylic oxidation sites excluding steroid dienone is 1. The van der Waals surface area contributed by atoms with Crippen molar-refractivity contribution in [1.29, 1.82) is 0 Å². The highest BCUT2D eigenvalue weighted by molar-refractivity contribution is 5.96. The summed E-state index contributed by atoms with van der Waals surface area (Å²) in [6.07, 6.45) is 2.58. The lowest BCUT2D eigenvalue weighted by atomic mass is 10.2. The first-order valence-electron chi connectivity index (χ1n) is 6.57. The van der Waals surface area contributed by atoms with Crippen molar-refractivity contribution in [1.82, 2.24) is 10.9 Å². The number of hydrogen-bond acceptors (Lipinski definition) is 4. The van der Waals surface area contributed by atoms with E-state index in [1.54, 1.807) is 36.4 Å². The number of hydrogen-bond donors (Lipinski definition) is 2. The number of hydrazine groups is 1. The molecule has 0 unspecified atom stereocenters. The maximum absolute atomic E-state index is 11.7. The standard InChI is InChI=1S/C15H18N2O4/c1-3-4-10-13(18)21-11(2)14(19)16-17-15(20)12-8-6-5-7-9-12/h4-11H,3H2,1-2H3,(H,16,19)(H,17,20)/b10-4+/t11-/m0/s1. The molecule has 0 radical (unpaired) electrons. The molecule has 2 N–H and O–H groups in total. The van der Waals surface area contributed by atoms with Gasteiger partial charge in [0.25, 0.3) is 11.8 Å². The van der Waals surface area contributed by atoms with Gasteiger partial charge in [0.15, 0.2) is 6.10 Å². The fourth-order valence-electron chi connectivity index (χ4n) is 1.36. The molecule has 1 aromatic carbocycles. The molecular formula is C15H18N2O4. The molecule has 0 fully saturated rings. The fourth-order valence-corrected chi connectivity index (χ4v) is 1.36. The van der Waals surface area contributed by atoms with Crippen LogP contribution in [-0.2, 0) is 14.3 Å². The maximum Gasteiger partial charge on any atom is 0.331 e. The summed E-state index contributed by atoms with van der Waals surface area (Å²) in [7, 11) is 0. The van der Waals surface area contributed by atoms with Crippen LogP contribution in [0.25, 0.3) is 0 Å². The van der Waals surface area contributed by atoms with Gasteiger partial charge < -0.3 is 4.74 Å². The smallest absolute Gasteiger partial charge is 0.331 e. The molecule has 0 aliphatic rings. The number of carbonyl (C=O) groups is 3. The summed E-state index contributed by atoms with van der Waals surface area (Å²) in [4.78, 5) is 34.7. The molecule has 1 rings (SSSR count). The quantitative estimate of drug-likeness (QED) is 0.487. The topological polar surface area (TPSA) is 84.5 Å². The van der Waals surface area contributed by atoms with Gasteiger partial charge in [-0.2, -0.15) is 0 Å². The number of carbonyl (C=O) groups excluding carboxylic acids is 3. The molecule has 112 valence electrons. The number of esters is 1. The predicted octanol–water partition coefficient (Wildman–Crippen LogP) is 1.35. The average Bonchev–Trinajstić information content (AvgIpc) is 2.50. The van der Waals surface area contributed by atoms with Crippen molar-refractivity contribution in [3.63, 3.8) is 0 Å². The van der Waals surface area contributed by atoms with Crippen molar-refractivity contribution in [2.24, 2.45) is 0 Å². The van der Waals surface area contributed by atoms with E-state index in [4.69, 9.17) is 4.74 Å². The lowest BCUT2D eigenvalue weighted by Crippen LogP contribution is -2.46. The van der Waals surface area contributed by atoms with Crippen molar-refractivity contribution in [3.8, 4) is 0 Å². The van der Waals surface area contributed by atoms with E-state index in [9.17, 15) is 14.4 Å². The van der Waals surface area contributed by atoms with Crippen molar-refractivity contribution in [2.75, 3.05) is 0 Å². The van der Waals surface area contributed by atoms with Crippen molar-refractivity contribution < 1.29 is 19.1 Å². The molecule has 1 atom stereocenters. The molecule has 0 saturated carbocycles. The van der Waals surface area contributed by atoms with Gasteiger partial charge in [-0.15, -0.1) is 0 Å². The molecule has 0 bridgehead atoms. The van der Waals surface area contributed by atoms with Gasteiger partial charge in [-0.25, -0.2) is 4.79 Å². The van der Waals surface area contributed by atoms with Crippen LogP contribution in [0.15, 0.2) is 42.5 Å². The normalized spacial score (nSPS) is 11.7. The molecule has 0 saturated heterocycles. The van der Waals surface area contributed by atoms with Crippen molar-refractivity contribution in [2.45, 2.75) is 26.4 Å². The van der Waals surface area contributed by atoms with Gasteiger partial charge in [0.2, 0.25) is 0 Å². The van der Waals surface area contributed by atoms with Gasteiger partial charge in [-0.05, 0) is 25.5 Å². The van der Waals surface area contributed by atoms with E-state index in [1.165, 1.54) is 13.0 Å². The highest BCUT2D eigenvalue weighted by Crippen LogP contribution is 1.97. The molecule has 6 nitrogen and oxygen atoms in total. The number of amides is 2. The third-order valence-electron chi connectivity index (χ3n) is 2.49. The molecule has 0 aliphatic heterocycles. The summed E-state index contributed by atoms with van der Waals surface area (Å²) in [5.41, 5.74) is 4.86. The first kappa shape index (κ1) is 16.4. The Bertz CT molecular complexity index is 526. The van der Waals surface area contributed by atoms with E-state index < -0.39 is 23.9 Å². The van der Waals surface area contributed by atoms with Crippen LogP contribution in [0, 0.1) is 0 Å². The van der Waals surface area contributed by atoms with Crippen molar-refractivity contribution >= 4 is 17.8 Å². The highest BCUT2D eigenvalue weighted by Gasteiger charge is 2.17. The van der Waals surface area contributed by atoms with Crippen LogP contribution in [0.4, 0.5) is 0 Å². The minimum absolute atomic E-state index is 0.410. The molecule has 0 spiro atoms. The summed E-state index contributed by atoms with van der Waals surface area (Å²) in [5, 5.41) is 0. The van der Waals surface area contributed by atoms with E-state index in [0.29, 0.717) is 12.0 Å². The summed E-state index contributed by atoms with van der Waals surface area (Å²) in [6, 6.07) is 8.42. The molecule has 1 aromatic rings. The highest BCUT2D eigenvalue weighted by atomic mass is 16.5. The second-order valence-corrected chi connectivity index (χ2v) is 4.20. The first-order chi connectivity index (χ1) is 10.0. The van der Waals surface area contributed by atoms with Gasteiger partial charge in [0.1, 0.15) is 0 Å². The van der Waals surface area contributed by atoms with E-state index >= 15 is 0 Å². The van der Waals surface area contributed by atoms with Crippen LogP contribution in [0.3, 0.4) is 0 Å². The van der Waals surface area contributed by atoms with E-state index in [0.717, 1.165) is 0 Å². The Kier molecular flexibility index (Phi) is 6.67. The van der Waals surface area contributed by atoms with Crippen LogP contribution in [0.5, 0.6) is 0 Å². The predicted molar refractivity (Wildman–Crippen MR) is 77.0 cm³/mol. The van der Waals surface area contributed by atoms with Gasteiger partial charge in [-0.3, -0.25) is 20.4 Å². The summed E-state index contributed by atoms with van der Waals surface area (Å²) in [6.45, 7) is 3.29. The monoisotopic (exact) mass is 290 g/mol. The van der Waals surface area contributed by atoms with Crippen LogP contribution in [0.2, 0.25) is 0 Å². The average molecular weight is 290 g/mol. The molecule has 21 heavy (non-hydrogen) atoms. The second kappa shape index (κ2) is 8.52. The Balaban J connectivity index is 2.41. The molecule has 0 heterocycles. The third kappa shape index (κ3) is 5.90. The number of ether oxygens (including phenoxy) is 1. The lowest BCUT2D eigenvalue weighted by Gasteiger charge is -2.13. The minimum Gasteiger partial charge on any atom is -0.449 e. The molecule has 0 aliphatic carbocycles. The van der Waals surface area contributed by atoms with Gasteiger partial charge >= 0.3 is 5.97 Å². The van der Waals surface area contributed by atoms with E-state index in [2.05, 4.69) is 10.9 Å². The molecule has 2 amide bonds. The van der Waals surface area contributed by atoms with Gasteiger partial charge in [-0.1, -0.05) is 31.2 Å². The van der Waals surface area contributed by atoms with Crippen LogP contribution < -0.4 is 10.9 Å². The Labute approximate surface area is 123 Å². The number of nitrogens with one attached hydrogen (secondary N) is 2. The fraction of sp³-hybridized carbons (Fsp3) is 0.267. The first-order valence-corrected chi connectivity index (χ1v) is 6.57. The van der Waals surface area contributed by atoms with Gasteiger partial charge in [0.05, 0.1) is 0 Å². The number of rotatable bonds is 5. The van der Waals surface area contributed by atoms with Crippen LogP contribution in [-0.4, -0.2) is 23.9 Å². The molecule has 6 heteroatoms. The minimum atomic E-state index is -1.00. The zero-order chi connectivity index (χ0) is 15.7. The van der Waals surface area contributed by atoms with Crippen LogP contribution >= 0.6 is 0 Å². The summed E-state index contributed by atoms with van der Waals surface area (Å²) >= 11 is 0. The summed E-state index contributed by atoms with van der Waals surface area (Å²) < 4.78 is 4.86. The maximum atomic E-state index is 11.7. The Morgan fingerprint density at radius 3 is 2.48 bits per heavy atom. The Morgan fingerprint density at radius 2 is 1.86 bits per heavy atom. The third-order valence-corrected chi connectivity index (χ3v) is 2.49. The number of benzene rings is 1. The summed E-state index contributed by atoms with van der Waals surface area (Å²) in [5.74, 6) is -1.67. The second-order valence-electron chi connectivity index (χ2n) is 4.20. The van der Waals surface area contributed by atoms with Crippen LogP contribution in [0.1, 0.15) is 30.6 Å². The Morgan fingerprint density at radius 1 is 1.19 bits per heavy atom.